The standard InChI is InChI=1S/C26H37NO5S/c1-16-8-7-9-17(2)21(28)13-23(29)26(5,6)24(30)14-25(31)32-22(11-10-16)18(3)12-20-15-33-19(4)27-20/h7-8,10,12,15,17,21-22,24,28,30H,9,11,13-14H2,1-6H3/b8-7-,16-10-,18-12+/t17-,21+,22?,24-/m0/s1. The van der Waals surface area contributed by atoms with Crippen molar-refractivity contribution in [2.75, 3.05) is 0 Å². The zero-order chi connectivity index (χ0) is 24.8. The van der Waals surface area contributed by atoms with Gasteiger partial charge in [-0.3, -0.25) is 9.59 Å². The molecule has 0 saturated carbocycles. The van der Waals surface area contributed by atoms with E-state index in [4.69, 9.17) is 4.74 Å². The number of aryl methyl sites for hydroxylation is 1. The van der Waals surface area contributed by atoms with Crippen LogP contribution < -0.4 is 0 Å². The number of thiazole rings is 1. The molecule has 1 aromatic rings. The lowest BCUT2D eigenvalue weighted by molar-refractivity contribution is -0.153. The molecule has 1 unspecified atom stereocenters. The molecule has 1 aromatic heterocycles. The second-order valence-electron chi connectivity index (χ2n) is 9.59. The summed E-state index contributed by atoms with van der Waals surface area (Å²) < 4.78 is 5.76. The molecule has 33 heavy (non-hydrogen) atoms. The lowest BCUT2D eigenvalue weighted by Crippen LogP contribution is -2.41. The average molecular weight is 476 g/mol. The smallest absolute Gasteiger partial charge is 0.309 e. The highest BCUT2D eigenvalue weighted by molar-refractivity contribution is 7.09. The highest BCUT2D eigenvalue weighted by atomic mass is 32.1. The van der Waals surface area contributed by atoms with E-state index in [-0.39, 0.29) is 24.5 Å². The van der Waals surface area contributed by atoms with Crippen LogP contribution in [0.15, 0.2) is 34.8 Å². The molecular weight excluding hydrogens is 438 g/mol. The van der Waals surface area contributed by atoms with Gasteiger partial charge in [-0.15, -0.1) is 11.3 Å². The summed E-state index contributed by atoms with van der Waals surface area (Å²) >= 11 is 1.55. The minimum absolute atomic E-state index is 0.0690. The molecule has 2 heterocycles. The van der Waals surface area contributed by atoms with Crippen molar-refractivity contribution in [2.45, 2.75) is 85.5 Å². The van der Waals surface area contributed by atoms with Gasteiger partial charge in [-0.05, 0) is 44.8 Å². The minimum Gasteiger partial charge on any atom is -0.457 e. The Balaban J connectivity index is 2.34. The molecule has 6 nitrogen and oxygen atoms in total. The fraction of sp³-hybridized carbons (Fsp3) is 0.577. The molecule has 2 rings (SSSR count). The number of ketones is 1. The lowest BCUT2D eigenvalue weighted by Gasteiger charge is -2.31. The van der Waals surface area contributed by atoms with Crippen LogP contribution in [-0.4, -0.2) is 45.3 Å². The molecule has 182 valence electrons. The minimum atomic E-state index is -1.21. The molecule has 1 aliphatic rings. The number of carbonyl (C=O) groups excluding carboxylic acids is 2. The van der Waals surface area contributed by atoms with Crippen molar-refractivity contribution in [3.8, 4) is 0 Å². The third kappa shape index (κ3) is 8.02. The summed E-state index contributed by atoms with van der Waals surface area (Å²) in [6.07, 6.45) is 6.08. The maximum atomic E-state index is 12.8. The quantitative estimate of drug-likeness (QED) is 0.597. The van der Waals surface area contributed by atoms with Crippen molar-refractivity contribution in [3.05, 3.63) is 45.5 Å². The van der Waals surface area contributed by atoms with Crippen LogP contribution in [-0.2, 0) is 14.3 Å². The molecule has 4 atom stereocenters. The van der Waals surface area contributed by atoms with Crippen LogP contribution >= 0.6 is 11.3 Å². The van der Waals surface area contributed by atoms with Gasteiger partial charge in [0.25, 0.3) is 0 Å². The Kier molecular flexibility index (Phi) is 9.76. The number of carbonyl (C=O) groups is 2. The summed E-state index contributed by atoms with van der Waals surface area (Å²) in [5.74, 6) is -0.956. The normalized spacial score (nSPS) is 30.9. The van der Waals surface area contributed by atoms with Crippen LogP contribution in [0.2, 0.25) is 0 Å². The summed E-state index contributed by atoms with van der Waals surface area (Å²) in [6, 6.07) is 0. The van der Waals surface area contributed by atoms with E-state index >= 15 is 0 Å². The second kappa shape index (κ2) is 11.9. The van der Waals surface area contributed by atoms with Gasteiger partial charge in [-0.25, -0.2) is 4.98 Å². The van der Waals surface area contributed by atoms with Crippen molar-refractivity contribution >= 4 is 29.2 Å². The summed E-state index contributed by atoms with van der Waals surface area (Å²) in [6.45, 7) is 10.9. The number of allylic oxidation sites excluding steroid dienone is 3. The van der Waals surface area contributed by atoms with Crippen molar-refractivity contribution in [1.29, 1.82) is 0 Å². The highest BCUT2D eigenvalue weighted by Gasteiger charge is 2.38. The van der Waals surface area contributed by atoms with Gasteiger partial charge in [0.05, 0.1) is 29.3 Å². The van der Waals surface area contributed by atoms with E-state index in [0.717, 1.165) is 21.8 Å². The van der Waals surface area contributed by atoms with Gasteiger partial charge in [-0.1, -0.05) is 44.6 Å². The first-order valence-electron chi connectivity index (χ1n) is 11.4. The first-order valence-corrected chi connectivity index (χ1v) is 12.3. The third-order valence-corrected chi connectivity index (χ3v) is 7.09. The Bertz CT molecular complexity index is 927. The van der Waals surface area contributed by atoms with Crippen LogP contribution in [0.4, 0.5) is 0 Å². The van der Waals surface area contributed by atoms with Crippen LogP contribution in [0.1, 0.15) is 71.0 Å². The number of aliphatic hydroxyl groups is 2. The Morgan fingerprint density at radius 1 is 1.21 bits per heavy atom. The Morgan fingerprint density at radius 3 is 2.55 bits per heavy atom. The number of nitrogens with zero attached hydrogens (tertiary/aromatic N) is 1. The first-order chi connectivity index (χ1) is 15.4. The predicted octanol–water partition coefficient (Wildman–Crippen LogP) is 4.80. The Morgan fingerprint density at radius 2 is 1.91 bits per heavy atom. The van der Waals surface area contributed by atoms with Crippen molar-refractivity contribution < 1.29 is 24.5 Å². The lowest BCUT2D eigenvalue weighted by atomic mass is 9.77. The van der Waals surface area contributed by atoms with Crippen molar-refractivity contribution in [2.24, 2.45) is 11.3 Å². The number of rotatable bonds is 2. The maximum Gasteiger partial charge on any atom is 0.309 e. The number of aliphatic hydroxyl groups excluding tert-OH is 2. The molecule has 0 saturated heterocycles. The highest BCUT2D eigenvalue weighted by Crippen LogP contribution is 2.29. The number of Topliss-reactive ketones (excluding diaryl/α,β-unsaturated/α-hetero) is 1. The molecule has 0 radical (unpaired) electrons. The average Bonchev–Trinajstić information content (AvgIpc) is 3.14. The van der Waals surface area contributed by atoms with E-state index in [9.17, 15) is 19.8 Å². The van der Waals surface area contributed by atoms with Crippen LogP contribution in [0, 0.1) is 18.3 Å². The summed E-state index contributed by atoms with van der Waals surface area (Å²) in [7, 11) is 0. The predicted molar refractivity (Wildman–Crippen MR) is 132 cm³/mol. The largest absolute Gasteiger partial charge is 0.457 e. The Labute approximate surface area is 201 Å². The number of hydrogen-bond donors (Lipinski definition) is 2. The van der Waals surface area contributed by atoms with E-state index in [1.54, 1.807) is 25.2 Å². The fourth-order valence-electron chi connectivity index (χ4n) is 3.55. The number of ether oxygens (including phenoxy) is 1. The van der Waals surface area contributed by atoms with Gasteiger partial charge in [-0.2, -0.15) is 0 Å². The van der Waals surface area contributed by atoms with Gasteiger partial charge in [0.15, 0.2) is 0 Å². The number of aromatic nitrogens is 1. The van der Waals surface area contributed by atoms with E-state index in [1.807, 2.05) is 57.4 Å². The third-order valence-electron chi connectivity index (χ3n) is 6.30. The zero-order valence-corrected chi connectivity index (χ0v) is 21.3. The molecule has 0 bridgehead atoms. The molecule has 0 amide bonds. The van der Waals surface area contributed by atoms with E-state index in [2.05, 4.69) is 4.98 Å². The van der Waals surface area contributed by atoms with E-state index in [0.29, 0.717) is 12.8 Å². The van der Waals surface area contributed by atoms with Gasteiger partial charge in [0.1, 0.15) is 11.9 Å². The fourth-order valence-corrected chi connectivity index (χ4v) is 4.12. The zero-order valence-electron chi connectivity index (χ0n) is 20.5. The van der Waals surface area contributed by atoms with Crippen LogP contribution in [0.5, 0.6) is 0 Å². The number of hydrogen-bond acceptors (Lipinski definition) is 7. The van der Waals surface area contributed by atoms with Crippen molar-refractivity contribution in [3.63, 3.8) is 0 Å². The number of esters is 1. The van der Waals surface area contributed by atoms with Gasteiger partial charge < -0.3 is 14.9 Å². The van der Waals surface area contributed by atoms with Gasteiger partial charge >= 0.3 is 5.97 Å². The Hall–Kier alpha value is -2.09. The molecule has 2 N–H and O–H groups in total. The molecule has 1 aliphatic heterocycles. The van der Waals surface area contributed by atoms with Crippen molar-refractivity contribution in [1.82, 2.24) is 4.98 Å². The summed E-state index contributed by atoms with van der Waals surface area (Å²) in [5.41, 5.74) is 1.50. The summed E-state index contributed by atoms with van der Waals surface area (Å²) in [5, 5.41) is 24.1. The van der Waals surface area contributed by atoms with Crippen LogP contribution in [0.25, 0.3) is 6.08 Å². The molecule has 7 heteroatoms. The topological polar surface area (TPSA) is 96.7 Å². The van der Waals surface area contributed by atoms with Crippen LogP contribution in [0.3, 0.4) is 0 Å². The first kappa shape index (κ1) is 27.2. The van der Waals surface area contributed by atoms with Gasteiger partial charge in [0.2, 0.25) is 0 Å². The second-order valence-corrected chi connectivity index (χ2v) is 10.7. The molecule has 0 fully saturated rings. The SMILES string of the molecule is CC1=C/CC(/C(C)=C/c2csc(C)n2)OC(=O)C[C@H](O)C(C)(C)C(=O)C[C@@H](O)[C@@H](C)C/C=C\1. The molecule has 0 aromatic carbocycles. The molecule has 0 aliphatic carbocycles. The van der Waals surface area contributed by atoms with E-state index < -0.39 is 29.7 Å². The van der Waals surface area contributed by atoms with E-state index in [1.165, 1.54) is 0 Å². The summed E-state index contributed by atoms with van der Waals surface area (Å²) in [4.78, 5) is 30.0. The number of cyclic esters (lactones) is 1. The molecule has 0 spiro atoms. The maximum absolute atomic E-state index is 12.8. The van der Waals surface area contributed by atoms with Gasteiger partial charge in [0, 0.05) is 23.6 Å². The monoisotopic (exact) mass is 475 g/mol. The molecular formula is C26H37NO5S.